The molecule has 2 N–H and O–H groups in total. The summed E-state index contributed by atoms with van der Waals surface area (Å²) in [6.07, 6.45) is -5.25. The highest BCUT2D eigenvalue weighted by atomic mass is 16.7. The largest absolute Gasteiger partial charge is 0.508 e. The molecular formula is C31H40O12. The van der Waals surface area contributed by atoms with Crippen LogP contribution >= 0.6 is 0 Å². The van der Waals surface area contributed by atoms with Crippen molar-refractivity contribution in [3.05, 3.63) is 29.3 Å². The minimum Gasteiger partial charge on any atom is -0.508 e. The number of hydrogen-bond acceptors (Lipinski definition) is 12. The van der Waals surface area contributed by atoms with E-state index in [1.807, 2.05) is 12.1 Å². The standard InChI is InChI=1S/C31H40O12/c1-14(32)39-24-25(40-15(2)33)27(41-16(3)34)30(43-26(24)29(37)38-5)42-23-13-22-21-8-6-17-12-18(35)7-9-19(17)20(21)10-11-31(22,4)28(23)36/h7,9,12,20-28,30,35-36H,6,8,10-11,13H2,1-5H3/t20-,21-,22+,23-,24+,25+,26+,27-,28+,30-,31+/m1/s1. The van der Waals surface area contributed by atoms with Crippen molar-refractivity contribution in [3.63, 3.8) is 0 Å². The number of aliphatic hydroxyl groups is 1. The summed E-state index contributed by atoms with van der Waals surface area (Å²) >= 11 is 0. The molecule has 0 aromatic heterocycles. The second-order valence-electron chi connectivity index (χ2n) is 12.4. The number of ether oxygens (including phenoxy) is 6. The van der Waals surface area contributed by atoms with Crippen molar-refractivity contribution in [3.8, 4) is 5.75 Å². The van der Waals surface area contributed by atoms with Gasteiger partial charge in [0, 0.05) is 20.8 Å². The van der Waals surface area contributed by atoms with Crippen LogP contribution in [-0.2, 0) is 54.0 Å². The van der Waals surface area contributed by atoms with E-state index in [-0.39, 0.29) is 23.5 Å². The van der Waals surface area contributed by atoms with E-state index in [4.69, 9.17) is 28.4 Å². The predicted molar refractivity (Wildman–Crippen MR) is 146 cm³/mol. The van der Waals surface area contributed by atoms with E-state index >= 15 is 0 Å². The normalized spacial score (nSPS) is 38.1. The molecule has 5 rings (SSSR count). The van der Waals surface area contributed by atoms with Gasteiger partial charge in [0.05, 0.1) is 19.3 Å². The topological polar surface area (TPSA) is 164 Å². The lowest BCUT2D eigenvalue weighted by Gasteiger charge is -2.49. The number of methoxy groups -OCH3 is 1. The molecule has 1 aromatic rings. The molecule has 3 aliphatic carbocycles. The third-order valence-corrected chi connectivity index (χ3v) is 9.81. The molecular weight excluding hydrogens is 564 g/mol. The van der Waals surface area contributed by atoms with Crippen LogP contribution in [0.25, 0.3) is 0 Å². The van der Waals surface area contributed by atoms with E-state index in [9.17, 15) is 29.4 Å². The fourth-order valence-electron chi connectivity index (χ4n) is 8.02. The molecule has 0 amide bonds. The van der Waals surface area contributed by atoms with Gasteiger partial charge < -0.3 is 38.6 Å². The summed E-state index contributed by atoms with van der Waals surface area (Å²) in [6, 6.07) is 5.57. The fourth-order valence-corrected chi connectivity index (χ4v) is 8.02. The van der Waals surface area contributed by atoms with E-state index in [0.717, 1.165) is 59.1 Å². The maximum atomic E-state index is 12.8. The van der Waals surface area contributed by atoms with Crippen LogP contribution in [0.1, 0.15) is 70.4 Å². The van der Waals surface area contributed by atoms with Crippen LogP contribution in [0.2, 0.25) is 0 Å². The summed E-state index contributed by atoms with van der Waals surface area (Å²) in [7, 11) is 1.12. The van der Waals surface area contributed by atoms with E-state index in [1.165, 1.54) is 5.56 Å². The van der Waals surface area contributed by atoms with Gasteiger partial charge in [-0.1, -0.05) is 13.0 Å². The molecule has 0 radical (unpaired) electrons. The Labute approximate surface area is 249 Å². The summed E-state index contributed by atoms with van der Waals surface area (Å²) < 4.78 is 33.5. The fraction of sp³-hybridized carbons (Fsp3) is 0.677. The molecule has 236 valence electrons. The monoisotopic (exact) mass is 604 g/mol. The number of phenolic OH excluding ortho intramolecular Hbond substituents is 1. The Bertz CT molecular complexity index is 1260. The number of rotatable bonds is 6. The number of aliphatic hydroxyl groups excluding tert-OH is 1. The number of hydrogen-bond donors (Lipinski definition) is 2. The third-order valence-electron chi connectivity index (χ3n) is 9.81. The molecule has 1 aromatic carbocycles. The lowest BCUT2D eigenvalue weighted by molar-refractivity contribution is -0.315. The zero-order valence-corrected chi connectivity index (χ0v) is 25.0. The van der Waals surface area contributed by atoms with Crippen LogP contribution in [-0.4, -0.2) is 84.1 Å². The van der Waals surface area contributed by atoms with E-state index in [1.54, 1.807) is 6.07 Å². The van der Waals surface area contributed by atoms with Gasteiger partial charge in [-0.05, 0) is 78.5 Å². The van der Waals surface area contributed by atoms with Gasteiger partial charge >= 0.3 is 23.9 Å². The maximum absolute atomic E-state index is 12.8. The molecule has 2 saturated carbocycles. The molecule has 12 heteroatoms. The number of aromatic hydroxyl groups is 1. The van der Waals surface area contributed by atoms with Crippen molar-refractivity contribution < 1.29 is 57.8 Å². The first-order valence-corrected chi connectivity index (χ1v) is 14.7. The summed E-state index contributed by atoms with van der Waals surface area (Å²) in [4.78, 5) is 49.1. The van der Waals surface area contributed by atoms with Crippen LogP contribution < -0.4 is 0 Å². The van der Waals surface area contributed by atoms with Gasteiger partial charge in [0.25, 0.3) is 0 Å². The maximum Gasteiger partial charge on any atom is 0.339 e. The van der Waals surface area contributed by atoms with E-state index in [2.05, 4.69) is 6.92 Å². The van der Waals surface area contributed by atoms with Crippen molar-refractivity contribution in [2.75, 3.05) is 7.11 Å². The minimum atomic E-state index is -1.57. The van der Waals surface area contributed by atoms with Crippen LogP contribution in [0, 0.1) is 17.3 Å². The first-order valence-electron chi connectivity index (χ1n) is 14.7. The Morgan fingerprint density at radius 2 is 1.60 bits per heavy atom. The molecule has 11 atom stereocenters. The number of esters is 4. The summed E-state index contributed by atoms with van der Waals surface area (Å²) in [5, 5.41) is 21.7. The second-order valence-corrected chi connectivity index (χ2v) is 12.4. The first-order chi connectivity index (χ1) is 20.3. The highest BCUT2D eigenvalue weighted by Crippen LogP contribution is 2.61. The molecule has 43 heavy (non-hydrogen) atoms. The third kappa shape index (κ3) is 5.84. The van der Waals surface area contributed by atoms with Crippen molar-refractivity contribution >= 4 is 23.9 Å². The average Bonchev–Trinajstić information content (AvgIpc) is 3.19. The van der Waals surface area contributed by atoms with Crippen LogP contribution in [0.5, 0.6) is 5.75 Å². The van der Waals surface area contributed by atoms with Gasteiger partial charge in [-0.3, -0.25) is 14.4 Å². The highest BCUT2D eigenvalue weighted by molar-refractivity contribution is 5.77. The van der Waals surface area contributed by atoms with Gasteiger partial charge in [-0.15, -0.1) is 0 Å². The Morgan fingerprint density at radius 1 is 0.953 bits per heavy atom. The van der Waals surface area contributed by atoms with Gasteiger partial charge in [0.2, 0.25) is 0 Å². The highest BCUT2D eigenvalue weighted by Gasteiger charge is 2.61. The van der Waals surface area contributed by atoms with E-state index in [0.29, 0.717) is 6.42 Å². The number of phenols is 1. The number of carbonyl (C=O) groups is 4. The summed E-state index contributed by atoms with van der Waals surface area (Å²) in [6.45, 7) is 5.45. The van der Waals surface area contributed by atoms with Gasteiger partial charge in [0.15, 0.2) is 30.7 Å². The van der Waals surface area contributed by atoms with Gasteiger partial charge in [-0.25, -0.2) is 4.79 Å². The lowest BCUT2D eigenvalue weighted by atomic mass is 9.55. The summed E-state index contributed by atoms with van der Waals surface area (Å²) in [5.41, 5.74) is 1.93. The number of benzene rings is 1. The molecule has 1 aliphatic heterocycles. The zero-order valence-electron chi connectivity index (χ0n) is 25.0. The number of fused-ring (bicyclic) bond motifs is 5. The van der Waals surface area contributed by atoms with Crippen LogP contribution in [0.4, 0.5) is 0 Å². The molecule has 4 aliphatic rings. The lowest BCUT2D eigenvalue weighted by Crippen LogP contribution is -2.64. The van der Waals surface area contributed by atoms with E-state index < -0.39 is 72.2 Å². The minimum absolute atomic E-state index is 0.0958. The predicted octanol–water partition coefficient (Wildman–Crippen LogP) is 2.30. The molecule has 3 fully saturated rings. The van der Waals surface area contributed by atoms with Crippen molar-refractivity contribution in [1.29, 1.82) is 0 Å². The molecule has 1 saturated heterocycles. The van der Waals surface area contributed by atoms with Gasteiger partial charge in [0.1, 0.15) is 5.75 Å². The summed E-state index contributed by atoms with van der Waals surface area (Å²) in [5.74, 6) is -2.32. The SMILES string of the molecule is COC(=O)[C@H]1O[C@@H](O[C@@H]2C[C@H]3[C@@H]4CCc5cc(O)ccc5[C@H]4CC[C@]3(C)[C@H]2O)[C@H](OC(C)=O)[C@@H](OC(C)=O)[C@@H]1OC(C)=O. The van der Waals surface area contributed by atoms with Crippen molar-refractivity contribution in [1.82, 2.24) is 0 Å². The van der Waals surface area contributed by atoms with Gasteiger partial charge in [-0.2, -0.15) is 0 Å². The first kappa shape index (κ1) is 31.2. The van der Waals surface area contributed by atoms with Crippen molar-refractivity contribution in [2.45, 2.75) is 109 Å². The Kier molecular flexibility index (Phi) is 8.75. The Hall–Kier alpha value is -3.22. The molecule has 1 heterocycles. The average molecular weight is 605 g/mol. The van der Waals surface area contributed by atoms with Crippen LogP contribution in [0.3, 0.4) is 0 Å². The smallest absolute Gasteiger partial charge is 0.339 e. The van der Waals surface area contributed by atoms with Crippen LogP contribution in [0.15, 0.2) is 18.2 Å². The quantitative estimate of drug-likeness (QED) is 0.360. The number of carbonyl (C=O) groups excluding carboxylic acids is 4. The second kappa shape index (κ2) is 12.0. The Balaban J connectivity index is 1.44. The van der Waals surface area contributed by atoms with Crippen molar-refractivity contribution in [2.24, 2.45) is 17.3 Å². The molecule has 0 bridgehead atoms. The zero-order chi connectivity index (χ0) is 31.2. The number of aryl methyl sites for hydroxylation is 1. The molecule has 0 spiro atoms. The molecule has 0 unspecified atom stereocenters. The Morgan fingerprint density at radius 3 is 2.26 bits per heavy atom. The molecule has 12 nitrogen and oxygen atoms in total.